The number of hydrogen-bond acceptors (Lipinski definition) is 5. The average molecular weight is 337 g/mol. The number of aromatic amines is 1. The summed E-state index contributed by atoms with van der Waals surface area (Å²) in [6, 6.07) is 4.14. The highest BCUT2D eigenvalue weighted by Gasteiger charge is 2.26. The van der Waals surface area contributed by atoms with Crippen molar-refractivity contribution < 1.29 is 23.1 Å². The van der Waals surface area contributed by atoms with Crippen LogP contribution in [0.15, 0.2) is 23.1 Å². The molecular weight excluding hydrogens is 322 g/mol. The summed E-state index contributed by atoms with van der Waals surface area (Å²) in [5.41, 5.74) is 1.41. The number of aromatic carboxylic acids is 1. The predicted molar refractivity (Wildman–Crippen MR) is 81.4 cm³/mol. The first kappa shape index (κ1) is 15.3. The van der Waals surface area contributed by atoms with Gasteiger partial charge >= 0.3 is 5.97 Å². The maximum absolute atomic E-state index is 12.6. The zero-order valence-electron chi connectivity index (χ0n) is 12.3. The number of fused-ring (bicyclic) bond motifs is 1. The summed E-state index contributed by atoms with van der Waals surface area (Å²) in [5, 5.41) is 15.5. The van der Waals surface area contributed by atoms with Gasteiger partial charge in [-0.05, 0) is 42.5 Å². The van der Waals surface area contributed by atoms with E-state index in [0.29, 0.717) is 18.4 Å². The number of ether oxygens (including phenoxy) is 1. The lowest BCUT2D eigenvalue weighted by Crippen LogP contribution is -2.16. The van der Waals surface area contributed by atoms with Crippen molar-refractivity contribution in [1.29, 1.82) is 0 Å². The lowest BCUT2D eigenvalue weighted by molar-refractivity contribution is 0.0696. The van der Waals surface area contributed by atoms with E-state index in [9.17, 15) is 18.3 Å². The number of carboxylic acid groups (broad SMARTS) is 1. The summed E-state index contributed by atoms with van der Waals surface area (Å²) in [5.74, 6) is -0.763. The Kier molecular flexibility index (Phi) is 3.72. The quantitative estimate of drug-likeness (QED) is 0.758. The van der Waals surface area contributed by atoms with Gasteiger partial charge in [-0.3, -0.25) is 9.82 Å². The second-order valence-corrected chi connectivity index (χ2v) is 6.85. The highest BCUT2D eigenvalue weighted by Crippen LogP contribution is 2.31. The largest absolute Gasteiger partial charge is 0.480 e. The Morgan fingerprint density at radius 2 is 2.13 bits per heavy atom. The molecule has 1 aromatic carbocycles. The fourth-order valence-corrected chi connectivity index (χ4v) is 4.03. The van der Waals surface area contributed by atoms with Gasteiger partial charge in [0, 0.05) is 6.07 Å². The van der Waals surface area contributed by atoms with Crippen LogP contribution in [0.3, 0.4) is 0 Å². The second-order valence-electron chi connectivity index (χ2n) is 5.20. The van der Waals surface area contributed by atoms with Gasteiger partial charge in [-0.15, -0.1) is 5.10 Å². The normalized spacial score (nSPS) is 13.6. The minimum atomic E-state index is -3.93. The van der Waals surface area contributed by atoms with Crippen LogP contribution < -0.4 is 9.46 Å². The van der Waals surface area contributed by atoms with Gasteiger partial charge < -0.3 is 9.84 Å². The zero-order chi connectivity index (χ0) is 16.6. The standard InChI is InChI=1S/C14H15N3O5S/c1-22-13-7-12(15-16-13)17-23(20,21)11-6-9(14(18)19)5-8-3-2-4-10(8)11/h5-7H,2-4H2,1H3,(H,18,19)(H2,15,16,17). The van der Waals surface area contributed by atoms with E-state index in [1.807, 2.05) is 0 Å². The van der Waals surface area contributed by atoms with Crippen LogP contribution in [0.5, 0.6) is 5.88 Å². The molecule has 0 bridgehead atoms. The van der Waals surface area contributed by atoms with Crippen LogP contribution in [-0.4, -0.2) is 36.8 Å². The van der Waals surface area contributed by atoms with Crippen LogP contribution in [0.4, 0.5) is 5.82 Å². The minimum absolute atomic E-state index is 0.00142. The van der Waals surface area contributed by atoms with Gasteiger partial charge in [0.2, 0.25) is 5.88 Å². The predicted octanol–water partition coefficient (Wildman–Crippen LogP) is 1.41. The summed E-state index contributed by atoms with van der Waals surface area (Å²) >= 11 is 0. The van der Waals surface area contributed by atoms with Gasteiger partial charge in [0.05, 0.1) is 17.6 Å². The lowest BCUT2D eigenvalue weighted by atomic mass is 10.1. The van der Waals surface area contributed by atoms with E-state index in [1.165, 1.54) is 19.2 Å². The van der Waals surface area contributed by atoms with E-state index in [1.54, 1.807) is 6.07 Å². The van der Waals surface area contributed by atoms with E-state index < -0.39 is 16.0 Å². The van der Waals surface area contributed by atoms with Gasteiger partial charge in [-0.2, -0.15) is 0 Å². The maximum atomic E-state index is 12.6. The third kappa shape index (κ3) is 2.87. The lowest BCUT2D eigenvalue weighted by Gasteiger charge is -2.12. The highest BCUT2D eigenvalue weighted by atomic mass is 32.2. The molecule has 0 fully saturated rings. The molecule has 3 rings (SSSR count). The van der Waals surface area contributed by atoms with E-state index in [2.05, 4.69) is 14.9 Å². The molecule has 122 valence electrons. The van der Waals surface area contributed by atoms with Crippen molar-refractivity contribution in [3.8, 4) is 5.88 Å². The highest BCUT2D eigenvalue weighted by molar-refractivity contribution is 7.92. The Morgan fingerprint density at radius 3 is 2.78 bits per heavy atom. The maximum Gasteiger partial charge on any atom is 0.335 e. The summed E-state index contributed by atoms with van der Waals surface area (Å²) in [6.07, 6.45) is 2.09. The zero-order valence-corrected chi connectivity index (χ0v) is 13.1. The van der Waals surface area contributed by atoms with Crippen molar-refractivity contribution in [2.45, 2.75) is 24.2 Å². The first-order valence-corrected chi connectivity index (χ1v) is 8.40. The van der Waals surface area contributed by atoms with Crippen molar-refractivity contribution >= 4 is 21.8 Å². The van der Waals surface area contributed by atoms with Gasteiger partial charge in [0.1, 0.15) is 5.82 Å². The van der Waals surface area contributed by atoms with Crippen molar-refractivity contribution in [2.75, 3.05) is 11.8 Å². The number of carboxylic acids is 1. The average Bonchev–Trinajstić information content (AvgIpc) is 3.13. The summed E-state index contributed by atoms with van der Waals surface area (Å²) in [7, 11) is -2.52. The number of rotatable bonds is 5. The Morgan fingerprint density at radius 1 is 1.35 bits per heavy atom. The number of aryl methyl sites for hydroxylation is 1. The summed E-state index contributed by atoms with van der Waals surface area (Å²) < 4.78 is 32.5. The number of anilines is 1. The second kappa shape index (κ2) is 5.58. The third-order valence-corrected chi connectivity index (χ3v) is 5.15. The number of hydrogen-bond donors (Lipinski definition) is 3. The van der Waals surface area contributed by atoms with Gasteiger partial charge in [0.25, 0.3) is 10.0 Å². The molecule has 23 heavy (non-hydrogen) atoms. The molecular formula is C14H15N3O5S. The monoisotopic (exact) mass is 337 g/mol. The third-order valence-electron chi connectivity index (χ3n) is 3.72. The van der Waals surface area contributed by atoms with Crippen molar-refractivity contribution in [2.24, 2.45) is 0 Å². The van der Waals surface area contributed by atoms with Crippen molar-refractivity contribution in [1.82, 2.24) is 10.2 Å². The van der Waals surface area contributed by atoms with Gasteiger partial charge in [-0.25, -0.2) is 13.2 Å². The molecule has 0 amide bonds. The molecule has 1 aliphatic carbocycles. The SMILES string of the molecule is COc1cc(NS(=O)(=O)c2cc(C(=O)O)cc3c2CCC3)[nH]n1. The Bertz CT molecular complexity index is 873. The summed E-state index contributed by atoms with van der Waals surface area (Å²) in [6.45, 7) is 0. The number of methoxy groups -OCH3 is 1. The molecule has 0 spiro atoms. The van der Waals surface area contributed by atoms with E-state index in [-0.39, 0.29) is 22.2 Å². The molecule has 0 saturated heterocycles. The number of sulfonamides is 1. The Balaban J connectivity index is 2.03. The molecule has 0 unspecified atom stereocenters. The molecule has 3 N–H and O–H groups in total. The van der Waals surface area contributed by atoms with Crippen LogP contribution in [0, 0.1) is 0 Å². The van der Waals surface area contributed by atoms with Gasteiger partial charge in [-0.1, -0.05) is 0 Å². The molecule has 1 heterocycles. The number of nitrogens with zero attached hydrogens (tertiary/aromatic N) is 1. The first-order valence-electron chi connectivity index (χ1n) is 6.92. The number of carbonyl (C=O) groups is 1. The first-order chi connectivity index (χ1) is 10.9. The van der Waals surface area contributed by atoms with E-state index >= 15 is 0 Å². The minimum Gasteiger partial charge on any atom is -0.480 e. The molecule has 0 saturated carbocycles. The molecule has 1 aromatic heterocycles. The van der Waals surface area contributed by atoms with E-state index in [4.69, 9.17) is 4.74 Å². The smallest absolute Gasteiger partial charge is 0.335 e. The molecule has 1 aliphatic rings. The topological polar surface area (TPSA) is 121 Å². The Labute approximate surface area is 132 Å². The van der Waals surface area contributed by atoms with Crippen LogP contribution in [-0.2, 0) is 22.9 Å². The molecule has 0 radical (unpaired) electrons. The fraction of sp³-hybridized carbons (Fsp3) is 0.286. The number of H-pyrrole nitrogens is 1. The van der Waals surface area contributed by atoms with Crippen molar-refractivity contribution in [3.63, 3.8) is 0 Å². The fourth-order valence-electron chi connectivity index (χ4n) is 2.69. The summed E-state index contributed by atoms with van der Waals surface area (Å²) in [4.78, 5) is 11.2. The Hall–Kier alpha value is -2.55. The molecule has 0 atom stereocenters. The number of nitrogens with one attached hydrogen (secondary N) is 2. The molecule has 9 heteroatoms. The van der Waals surface area contributed by atoms with Crippen LogP contribution in [0.1, 0.15) is 27.9 Å². The van der Waals surface area contributed by atoms with Crippen molar-refractivity contribution in [3.05, 3.63) is 34.9 Å². The van der Waals surface area contributed by atoms with Crippen LogP contribution in [0.25, 0.3) is 0 Å². The molecule has 0 aliphatic heterocycles. The van der Waals surface area contributed by atoms with Crippen LogP contribution >= 0.6 is 0 Å². The number of aromatic nitrogens is 2. The van der Waals surface area contributed by atoms with Gasteiger partial charge in [0.15, 0.2) is 0 Å². The molecule has 2 aromatic rings. The number of benzene rings is 1. The van der Waals surface area contributed by atoms with Crippen LogP contribution in [0.2, 0.25) is 0 Å². The molecule has 8 nitrogen and oxygen atoms in total. The van der Waals surface area contributed by atoms with E-state index in [0.717, 1.165) is 12.0 Å².